The Kier molecular flexibility index (Phi) is 10.2. The van der Waals surface area contributed by atoms with Crippen LogP contribution in [0.5, 0.6) is 0 Å². The van der Waals surface area contributed by atoms with Crippen molar-refractivity contribution >= 4 is 17.9 Å². The second kappa shape index (κ2) is 12.7. The van der Waals surface area contributed by atoms with E-state index in [2.05, 4.69) is 21.1 Å². The lowest BCUT2D eigenvalue weighted by Gasteiger charge is -2.11. The van der Waals surface area contributed by atoms with Crippen LogP contribution in [-0.4, -0.2) is 32.1 Å². The third kappa shape index (κ3) is 7.46. The van der Waals surface area contributed by atoms with Crippen molar-refractivity contribution in [2.45, 2.75) is 27.4 Å². The molecule has 0 unspecified atom stereocenters. The third-order valence-corrected chi connectivity index (χ3v) is 3.94. The van der Waals surface area contributed by atoms with Crippen LogP contribution in [0.25, 0.3) is 0 Å². The first-order valence-corrected chi connectivity index (χ1v) is 8.78. The summed E-state index contributed by atoms with van der Waals surface area (Å²) in [4.78, 5) is 19.4. The SMILES string of the molecule is CO/N=C(/C)c1cccc(C)c1CO/N=C(\C)c1cccc(C#N)c1.COC=O. The molecular formula is C22H25N3O4. The van der Waals surface area contributed by atoms with Gasteiger partial charge >= 0.3 is 0 Å². The molecular weight excluding hydrogens is 370 g/mol. The zero-order valence-electron chi connectivity index (χ0n) is 17.3. The van der Waals surface area contributed by atoms with Gasteiger partial charge in [-0.1, -0.05) is 40.6 Å². The van der Waals surface area contributed by atoms with E-state index in [4.69, 9.17) is 19.7 Å². The third-order valence-electron chi connectivity index (χ3n) is 3.94. The van der Waals surface area contributed by atoms with E-state index in [1.54, 1.807) is 12.1 Å². The van der Waals surface area contributed by atoms with Gasteiger partial charge in [0.2, 0.25) is 0 Å². The molecule has 0 saturated heterocycles. The highest BCUT2D eigenvalue weighted by Gasteiger charge is 2.10. The second-order valence-electron chi connectivity index (χ2n) is 5.93. The van der Waals surface area contributed by atoms with E-state index >= 15 is 0 Å². The summed E-state index contributed by atoms with van der Waals surface area (Å²) in [6.45, 7) is 6.47. The molecule has 0 aliphatic heterocycles. The van der Waals surface area contributed by atoms with E-state index in [0.717, 1.165) is 33.7 Å². The van der Waals surface area contributed by atoms with E-state index < -0.39 is 0 Å². The van der Waals surface area contributed by atoms with Crippen LogP contribution < -0.4 is 0 Å². The average Bonchev–Trinajstić information content (AvgIpc) is 2.75. The second-order valence-corrected chi connectivity index (χ2v) is 5.93. The normalized spacial score (nSPS) is 10.9. The molecule has 2 rings (SSSR count). The fourth-order valence-electron chi connectivity index (χ4n) is 2.48. The lowest BCUT2D eigenvalue weighted by Crippen LogP contribution is -2.05. The standard InChI is InChI=1S/C20H21N3O2.C2H4O2/c1-14-7-5-10-19(16(3)22-24-4)20(14)13-25-23-15(2)18-9-6-8-17(11-18)12-21;1-4-2-3/h5-11H,13H2,1-4H3;2H,1H3/b22-16-,23-15+;. The number of nitriles is 1. The Balaban J connectivity index is 0.000000960. The number of carbonyl (C=O) groups is 1. The van der Waals surface area contributed by atoms with Crippen LogP contribution in [0, 0.1) is 18.3 Å². The molecule has 0 N–H and O–H groups in total. The first-order valence-electron chi connectivity index (χ1n) is 8.78. The van der Waals surface area contributed by atoms with Crippen molar-refractivity contribution in [2.75, 3.05) is 14.2 Å². The summed E-state index contributed by atoms with van der Waals surface area (Å²) in [7, 11) is 2.84. The largest absolute Gasteiger partial charge is 0.471 e. The van der Waals surface area contributed by atoms with Crippen LogP contribution in [0.3, 0.4) is 0 Å². The van der Waals surface area contributed by atoms with Crippen molar-refractivity contribution in [2.24, 2.45) is 10.3 Å². The average molecular weight is 395 g/mol. The smallest absolute Gasteiger partial charge is 0.292 e. The first-order chi connectivity index (χ1) is 14.0. The quantitative estimate of drug-likeness (QED) is 0.402. The number of rotatable bonds is 7. The molecule has 7 heteroatoms. The summed E-state index contributed by atoms with van der Waals surface area (Å²) in [6, 6.07) is 15.4. The molecule has 0 radical (unpaired) electrons. The molecule has 29 heavy (non-hydrogen) atoms. The topological polar surface area (TPSA) is 93.3 Å². The van der Waals surface area contributed by atoms with Crippen molar-refractivity contribution in [1.82, 2.24) is 0 Å². The molecule has 2 aromatic rings. The first kappa shape index (κ1) is 23.4. The number of hydrogen-bond donors (Lipinski definition) is 0. The molecule has 7 nitrogen and oxygen atoms in total. The Morgan fingerprint density at radius 1 is 1.10 bits per heavy atom. The maximum absolute atomic E-state index is 8.98. The Bertz CT molecular complexity index is 915. The number of hydrogen-bond acceptors (Lipinski definition) is 7. The summed E-state index contributed by atoms with van der Waals surface area (Å²) < 4.78 is 3.86. The monoisotopic (exact) mass is 395 g/mol. The van der Waals surface area contributed by atoms with Crippen molar-refractivity contribution in [3.05, 3.63) is 70.3 Å². The predicted octanol–water partition coefficient (Wildman–Crippen LogP) is 3.97. The summed E-state index contributed by atoms with van der Waals surface area (Å²) in [6.07, 6.45) is 0. The zero-order valence-corrected chi connectivity index (χ0v) is 17.3. The Hall–Kier alpha value is -3.66. The van der Waals surface area contributed by atoms with Gasteiger partial charge < -0.3 is 14.4 Å². The van der Waals surface area contributed by atoms with Gasteiger partial charge in [-0.15, -0.1) is 0 Å². The van der Waals surface area contributed by atoms with Crippen LogP contribution >= 0.6 is 0 Å². The summed E-state index contributed by atoms with van der Waals surface area (Å²) >= 11 is 0. The van der Waals surface area contributed by atoms with Crippen molar-refractivity contribution in [3.63, 3.8) is 0 Å². The van der Waals surface area contributed by atoms with Gasteiger partial charge in [0.05, 0.1) is 30.2 Å². The summed E-state index contributed by atoms with van der Waals surface area (Å²) in [5.41, 5.74) is 6.05. The number of carbonyl (C=O) groups excluding carboxylic acids is 1. The molecule has 0 heterocycles. The van der Waals surface area contributed by atoms with Gasteiger partial charge in [-0.05, 0) is 38.5 Å². The molecule has 0 bridgehead atoms. The van der Waals surface area contributed by atoms with E-state index in [9.17, 15) is 0 Å². The number of aryl methyl sites for hydroxylation is 1. The molecule has 0 aliphatic rings. The van der Waals surface area contributed by atoms with Gasteiger partial charge in [0, 0.05) is 16.7 Å². The Morgan fingerprint density at radius 3 is 2.41 bits per heavy atom. The maximum atomic E-state index is 8.98. The molecule has 2 aromatic carbocycles. The molecule has 0 aromatic heterocycles. The number of methoxy groups -OCH3 is 1. The minimum Gasteiger partial charge on any atom is -0.471 e. The van der Waals surface area contributed by atoms with Gasteiger partial charge in [0.15, 0.2) is 0 Å². The van der Waals surface area contributed by atoms with Crippen LogP contribution in [0.4, 0.5) is 0 Å². The lowest BCUT2D eigenvalue weighted by atomic mass is 10.00. The summed E-state index contributed by atoms with van der Waals surface area (Å²) in [5, 5.41) is 17.2. The van der Waals surface area contributed by atoms with Gasteiger partial charge in [-0.2, -0.15) is 5.26 Å². The fourth-order valence-corrected chi connectivity index (χ4v) is 2.48. The minimum atomic E-state index is 0.327. The predicted molar refractivity (Wildman–Crippen MR) is 112 cm³/mol. The maximum Gasteiger partial charge on any atom is 0.292 e. The molecule has 0 saturated carbocycles. The highest BCUT2D eigenvalue weighted by molar-refractivity contribution is 6.00. The highest BCUT2D eigenvalue weighted by Crippen LogP contribution is 2.17. The van der Waals surface area contributed by atoms with E-state index in [-0.39, 0.29) is 0 Å². The molecule has 152 valence electrons. The van der Waals surface area contributed by atoms with Crippen molar-refractivity contribution in [1.29, 1.82) is 5.26 Å². The van der Waals surface area contributed by atoms with Gasteiger partial charge in [0.1, 0.15) is 13.7 Å². The highest BCUT2D eigenvalue weighted by atomic mass is 16.6. The fraction of sp³-hybridized carbons (Fsp3) is 0.273. The van der Waals surface area contributed by atoms with Crippen LogP contribution in [0.1, 0.15) is 41.7 Å². The number of nitrogens with zero attached hydrogens (tertiary/aromatic N) is 3. The van der Waals surface area contributed by atoms with Crippen molar-refractivity contribution in [3.8, 4) is 6.07 Å². The Morgan fingerprint density at radius 2 is 1.79 bits per heavy atom. The number of ether oxygens (including phenoxy) is 1. The van der Waals surface area contributed by atoms with E-state index in [1.165, 1.54) is 14.2 Å². The molecule has 0 spiro atoms. The molecule has 0 fully saturated rings. The van der Waals surface area contributed by atoms with Crippen molar-refractivity contribution < 1.29 is 19.2 Å². The Labute approximate surface area is 171 Å². The molecule has 0 atom stereocenters. The van der Waals surface area contributed by atoms with Crippen LogP contribution in [-0.2, 0) is 25.8 Å². The molecule has 0 amide bonds. The van der Waals surface area contributed by atoms with Gasteiger partial charge in [-0.25, -0.2) is 0 Å². The van der Waals surface area contributed by atoms with E-state index in [0.29, 0.717) is 18.6 Å². The molecule has 0 aliphatic carbocycles. The lowest BCUT2D eigenvalue weighted by molar-refractivity contribution is -0.126. The number of benzene rings is 2. The zero-order chi connectivity index (χ0) is 21.6. The van der Waals surface area contributed by atoms with Crippen LogP contribution in [0.2, 0.25) is 0 Å². The summed E-state index contributed by atoms with van der Waals surface area (Å²) in [5.74, 6) is 0. The van der Waals surface area contributed by atoms with Crippen LogP contribution in [0.15, 0.2) is 52.8 Å². The van der Waals surface area contributed by atoms with Gasteiger partial charge in [-0.3, -0.25) is 4.79 Å². The van der Waals surface area contributed by atoms with Gasteiger partial charge in [0.25, 0.3) is 6.47 Å². The number of oxime groups is 2. The van der Waals surface area contributed by atoms with E-state index in [1.807, 2.05) is 51.1 Å². The minimum absolute atomic E-state index is 0.327.